The van der Waals surface area contributed by atoms with E-state index in [0.29, 0.717) is 6.54 Å². The first-order chi connectivity index (χ1) is 9.85. The van der Waals surface area contributed by atoms with Gasteiger partial charge in [-0.2, -0.15) is 0 Å². The predicted octanol–water partition coefficient (Wildman–Crippen LogP) is 3.40. The van der Waals surface area contributed by atoms with Gasteiger partial charge in [0.1, 0.15) is 0 Å². The number of benzene rings is 1. The van der Waals surface area contributed by atoms with Gasteiger partial charge < -0.3 is 15.3 Å². The maximum atomic E-state index is 12.3. The van der Waals surface area contributed by atoms with Crippen molar-refractivity contribution >= 4 is 27.9 Å². The molecule has 0 aromatic heterocycles. The molecule has 0 aliphatic carbocycles. The fourth-order valence-corrected chi connectivity index (χ4v) is 2.56. The van der Waals surface area contributed by atoms with E-state index >= 15 is 0 Å². The van der Waals surface area contributed by atoms with Crippen molar-refractivity contribution in [1.82, 2.24) is 10.2 Å². The number of carboxylic acids is 1. The van der Waals surface area contributed by atoms with E-state index in [1.165, 1.54) is 4.90 Å². The lowest BCUT2D eigenvalue weighted by molar-refractivity contribution is -0.138. The zero-order valence-corrected chi connectivity index (χ0v) is 14.1. The van der Waals surface area contributed by atoms with E-state index in [9.17, 15) is 9.59 Å². The smallest absolute Gasteiger partial charge is 0.318 e. The monoisotopic (exact) mass is 356 g/mol. The fraction of sp³-hybridized carbons (Fsp3) is 0.467. The topological polar surface area (TPSA) is 69.6 Å². The number of carbonyl (C=O) groups is 2. The van der Waals surface area contributed by atoms with Crippen molar-refractivity contribution in [3.63, 3.8) is 0 Å². The van der Waals surface area contributed by atoms with Gasteiger partial charge in [0.15, 0.2) is 0 Å². The molecule has 0 spiro atoms. The maximum absolute atomic E-state index is 12.3. The molecule has 5 nitrogen and oxygen atoms in total. The normalized spacial score (nSPS) is 13.3. The minimum Gasteiger partial charge on any atom is -0.481 e. The Labute approximate surface area is 133 Å². The van der Waals surface area contributed by atoms with Crippen LogP contribution in [0.5, 0.6) is 0 Å². The van der Waals surface area contributed by atoms with E-state index in [0.717, 1.165) is 10.0 Å². The summed E-state index contributed by atoms with van der Waals surface area (Å²) < 4.78 is 0.952. The molecular formula is C15H21BrN2O3. The molecular weight excluding hydrogens is 336 g/mol. The second-order valence-corrected chi connectivity index (χ2v) is 5.87. The Balaban J connectivity index is 2.71. The van der Waals surface area contributed by atoms with Crippen LogP contribution >= 0.6 is 15.9 Å². The summed E-state index contributed by atoms with van der Waals surface area (Å²) in [7, 11) is 0. The molecule has 2 unspecified atom stereocenters. The Bertz CT molecular complexity index is 507. The third-order valence-electron chi connectivity index (χ3n) is 3.29. The number of aliphatic carboxylic acids is 1. The molecule has 0 fully saturated rings. The highest BCUT2D eigenvalue weighted by molar-refractivity contribution is 9.10. The van der Waals surface area contributed by atoms with Gasteiger partial charge >= 0.3 is 12.0 Å². The summed E-state index contributed by atoms with van der Waals surface area (Å²) >= 11 is 3.40. The van der Waals surface area contributed by atoms with Gasteiger partial charge in [-0.3, -0.25) is 4.79 Å². The van der Waals surface area contributed by atoms with Crippen LogP contribution in [-0.4, -0.2) is 34.6 Å². The zero-order chi connectivity index (χ0) is 16.0. The molecule has 21 heavy (non-hydrogen) atoms. The van der Waals surface area contributed by atoms with Gasteiger partial charge in [0, 0.05) is 17.1 Å². The van der Waals surface area contributed by atoms with Crippen molar-refractivity contribution in [3.8, 4) is 0 Å². The second-order valence-electron chi connectivity index (χ2n) is 4.96. The number of carbonyl (C=O) groups excluding carboxylic acids is 1. The van der Waals surface area contributed by atoms with Crippen LogP contribution in [0.15, 0.2) is 28.7 Å². The lowest BCUT2D eigenvalue weighted by Crippen LogP contribution is -2.46. The van der Waals surface area contributed by atoms with Crippen molar-refractivity contribution in [3.05, 3.63) is 34.3 Å². The van der Waals surface area contributed by atoms with Crippen LogP contribution in [0.25, 0.3) is 0 Å². The van der Waals surface area contributed by atoms with Gasteiger partial charge in [-0.25, -0.2) is 4.79 Å². The van der Waals surface area contributed by atoms with Gasteiger partial charge in [0.05, 0.1) is 12.5 Å². The summed E-state index contributed by atoms with van der Waals surface area (Å²) in [5.41, 5.74) is 0.986. The third-order valence-corrected chi connectivity index (χ3v) is 3.79. The van der Waals surface area contributed by atoms with Crippen molar-refractivity contribution in [2.75, 3.05) is 6.54 Å². The number of rotatable bonds is 6. The summed E-state index contributed by atoms with van der Waals surface area (Å²) in [5, 5.41) is 11.7. The Morgan fingerprint density at radius 3 is 2.57 bits per heavy atom. The average molecular weight is 357 g/mol. The summed E-state index contributed by atoms with van der Waals surface area (Å²) in [6.07, 6.45) is -0.0630. The average Bonchev–Trinajstić information content (AvgIpc) is 2.38. The molecule has 0 saturated heterocycles. The summed E-state index contributed by atoms with van der Waals surface area (Å²) in [6, 6.07) is 6.97. The molecule has 0 radical (unpaired) electrons. The number of halogens is 1. The number of urea groups is 1. The van der Waals surface area contributed by atoms with Crippen LogP contribution in [0.1, 0.15) is 38.8 Å². The highest BCUT2D eigenvalue weighted by Gasteiger charge is 2.22. The lowest BCUT2D eigenvalue weighted by atomic mass is 10.1. The molecule has 6 heteroatoms. The molecule has 0 aliphatic rings. The van der Waals surface area contributed by atoms with E-state index in [1.54, 1.807) is 6.92 Å². The molecule has 1 rings (SSSR count). The first-order valence-electron chi connectivity index (χ1n) is 6.89. The Morgan fingerprint density at radius 2 is 2.05 bits per heavy atom. The molecule has 2 N–H and O–H groups in total. The molecule has 1 aromatic rings. The van der Waals surface area contributed by atoms with Gasteiger partial charge in [-0.05, 0) is 38.5 Å². The van der Waals surface area contributed by atoms with Gasteiger partial charge in [-0.1, -0.05) is 28.1 Å². The SMILES string of the molecule is CCN(C(=O)NC(C)c1cccc(Br)c1)C(C)CC(=O)O. The van der Waals surface area contributed by atoms with E-state index in [2.05, 4.69) is 21.2 Å². The second kappa shape index (κ2) is 8.02. The van der Waals surface area contributed by atoms with Crippen LogP contribution in [0.4, 0.5) is 4.79 Å². The largest absolute Gasteiger partial charge is 0.481 e. The fourth-order valence-electron chi connectivity index (χ4n) is 2.15. The molecule has 2 atom stereocenters. The first kappa shape index (κ1) is 17.5. The third kappa shape index (κ3) is 5.38. The first-order valence-corrected chi connectivity index (χ1v) is 7.68. The molecule has 1 aromatic carbocycles. The summed E-state index contributed by atoms with van der Waals surface area (Å²) in [6.45, 7) is 5.93. The quantitative estimate of drug-likeness (QED) is 0.820. The molecule has 116 valence electrons. The van der Waals surface area contributed by atoms with Crippen molar-refractivity contribution < 1.29 is 14.7 Å². The van der Waals surface area contributed by atoms with Crippen LogP contribution in [-0.2, 0) is 4.79 Å². The van der Waals surface area contributed by atoms with Crippen molar-refractivity contribution in [2.24, 2.45) is 0 Å². The Morgan fingerprint density at radius 1 is 1.38 bits per heavy atom. The summed E-state index contributed by atoms with van der Waals surface area (Å²) in [4.78, 5) is 24.6. The molecule has 0 aliphatic heterocycles. The van der Waals surface area contributed by atoms with Crippen LogP contribution in [0, 0.1) is 0 Å². The van der Waals surface area contributed by atoms with Crippen LogP contribution < -0.4 is 5.32 Å². The summed E-state index contributed by atoms with van der Waals surface area (Å²) in [5.74, 6) is -0.909. The molecule has 0 saturated carbocycles. The standard InChI is InChI=1S/C15H21BrN2O3/c1-4-18(10(2)8-14(19)20)15(21)17-11(3)12-6-5-7-13(16)9-12/h5-7,9-11H,4,8H2,1-3H3,(H,17,21)(H,19,20). The number of amides is 2. The van der Waals surface area contributed by atoms with Crippen LogP contribution in [0.3, 0.4) is 0 Å². The molecule has 2 amide bonds. The Kier molecular flexibility index (Phi) is 6.68. The number of carboxylic acid groups (broad SMARTS) is 1. The van der Waals surface area contributed by atoms with E-state index in [4.69, 9.17) is 5.11 Å². The predicted molar refractivity (Wildman–Crippen MR) is 85.2 cm³/mol. The van der Waals surface area contributed by atoms with Crippen molar-refractivity contribution in [2.45, 2.75) is 39.3 Å². The molecule has 0 bridgehead atoms. The van der Waals surface area contributed by atoms with E-state index in [-0.39, 0.29) is 24.5 Å². The number of nitrogens with zero attached hydrogens (tertiary/aromatic N) is 1. The number of hydrogen-bond acceptors (Lipinski definition) is 2. The minimum absolute atomic E-state index is 0.0630. The minimum atomic E-state index is -0.909. The highest BCUT2D eigenvalue weighted by atomic mass is 79.9. The van der Waals surface area contributed by atoms with Gasteiger partial charge in [0.2, 0.25) is 0 Å². The number of hydrogen-bond donors (Lipinski definition) is 2. The number of nitrogens with one attached hydrogen (secondary N) is 1. The Hall–Kier alpha value is -1.56. The van der Waals surface area contributed by atoms with E-state index < -0.39 is 5.97 Å². The van der Waals surface area contributed by atoms with Crippen LogP contribution in [0.2, 0.25) is 0 Å². The van der Waals surface area contributed by atoms with Gasteiger partial charge in [-0.15, -0.1) is 0 Å². The lowest BCUT2D eigenvalue weighted by Gasteiger charge is -2.29. The van der Waals surface area contributed by atoms with Crippen molar-refractivity contribution in [1.29, 1.82) is 0 Å². The van der Waals surface area contributed by atoms with Gasteiger partial charge in [0.25, 0.3) is 0 Å². The zero-order valence-electron chi connectivity index (χ0n) is 12.5. The van der Waals surface area contributed by atoms with E-state index in [1.807, 2.05) is 38.1 Å². The molecule has 0 heterocycles. The highest BCUT2D eigenvalue weighted by Crippen LogP contribution is 2.18. The maximum Gasteiger partial charge on any atom is 0.318 e.